The molecular formula is C17H22F2N2O3. The number of amides is 1. The quantitative estimate of drug-likeness (QED) is 0.749. The van der Waals surface area contributed by atoms with E-state index in [1.54, 1.807) is 0 Å². The lowest BCUT2D eigenvalue weighted by Crippen LogP contribution is -2.35. The number of aliphatic hydroxyl groups excluding tert-OH is 1. The van der Waals surface area contributed by atoms with E-state index in [2.05, 4.69) is 10.5 Å². The van der Waals surface area contributed by atoms with Crippen LogP contribution in [0.3, 0.4) is 0 Å². The average molecular weight is 340 g/mol. The molecule has 0 spiro atoms. The Kier molecular flexibility index (Phi) is 5.88. The van der Waals surface area contributed by atoms with Gasteiger partial charge in [-0.2, -0.15) is 0 Å². The molecule has 2 N–H and O–H groups in total. The van der Waals surface area contributed by atoms with Crippen LogP contribution >= 0.6 is 0 Å². The zero-order valence-electron chi connectivity index (χ0n) is 13.8. The lowest BCUT2D eigenvalue weighted by atomic mass is 9.89. The molecule has 1 aliphatic heterocycles. The molecule has 5 nitrogen and oxygen atoms in total. The molecule has 0 bridgehead atoms. The van der Waals surface area contributed by atoms with Crippen molar-refractivity contribution >= 4 is 11.6 Å². The van der Waals surface area contributed by atoms with Gasteiger partial charge in [0, 0.05) is 25.1 Å². The molecule has 1 atom stereocenters. The Morgan fingerprint density at radius 1 is 1.46 bits per heavy atom. The van der Waals surface area contributed by atoms with E-state index in [1.807, 2.05) is 13.8 Å². The fourth-order valence-electron chi connectivity index (χ4n) is 2.37. The molecule has 1 aromatic carbocycles. The Bertz CT molecular complexity index is 632. The highest BCUT2D eigenvalue weighted by Gasteiger charge is 2.30. The minimum Gasteiger partial charge on any atom is -0.396 e. The van der Waals surface area contributed by atoms with E-state index >= 15 is 0 Å². The molecule has 24 heavy (non-hydrogen) atoms. The fourth-order valence-corrected chi connectivity index (χ4v) is 2.37. The Morgan fingerprint density at radius 3 is 2.92 bits per heavy atom. The van der Waals surface area contributed by atoms with Crippen molar-refractivity contribution in [3.05, 3.63) is 35.4 Å². The minimum absolute atomic E-state index is 0.00925. The molecule has 1 heterocycles. The van der Waals surface area contributed by atoms with E-state index < -0.39 is 17.7 Å². The average Bonchev–Trinajstić information content (AvgIpc) is 3.03. The number of carbonyl (C=O) groups excluding carboxylic acids is 1. The van der Waals surface area contributed by atoms with Gasteiger partial charge in [0.2, 0.25) is 6.10 Å². The molecule has 0 radical (unpaired) electrons. The van der Waals surface area contributed by atoms with Crippen LogP contribution in [0.1, 0.15) is 38.7 Å². The van der Waals surface area contributed by atoms with Gasteiger partial charge in [0.05, 0.1) is 5.71 Å². The third-order valence-electron chi connectivity index (χ3n) is 3.96. The second kappa shape index (κ2) is 7.70. The monoisotopic (exact) mass is 340 g/mol. The van der Waals surface area contributed by atoms with Gasteiger partial charge in [-0.3, -0.25) is 4.79 Å². The first-order valence-corrected chi connectivity index (χ1v) is 7.89. The number of nitrogens with zero attached hydrogens (tertiary/aromatic N) is 1. The van der Waals surface area contributed by atoms with Crippen LogP contribution in [-0.2, 0) is 9.63 Å². The van der Waals surface area contributed by atoms with Gasteiger partial charge in [0.25, 0.3) is 5.91 Å². The predicted molar refractivity (Wildman–Crippen MR) is 85.5 cm³/mol. The summed E-state index contributed by atoms with van der Waals surface area (Å²) in [6.07, 6.45) is 0.742. The molecule has 1 unspecified atom stereocenters. The standard InChI is InChI=1S/C17H22F2N2O3/c1-17(2,10-22)6-3-7-20-16(23)15-9-14(21-24-15)12-8-11(18)4-5-13(12)19/h4-5,8,15,22H,3,6-7,9-10H2,1-2H3,(H,20,23). The number of rotatable bonds is 7. The summed E-state index contributed by atoms with van der Waals surface area (Å²) >= 11 is 0. The van der Waals surface area contributed by atoms with Gasteiger partial charge in [-0.05, 0) is 36.5 Å². The van der Waals surface area contributed by atoms with Crippen molar-refractivity contribution in [2.45, 2.75) is 39.2 Å². The first-order chi connectivity index (χ1) is 11.3. The third kappa shape index (κ3) is 4.74. The molecule has 0 aliphatic carbocycles. The number of halogens is 2. The maximum atomic E-state index is 13.7. The van der Waals surface area contributed by atoms with Crippen LogP contribution < -0.4 is 5.32 Å². The normalized spacial score (nSPS) is 17.4. The molecule has 0 saturated carbocycles. The Hall–Kier alpha value is -2.02. The maximum absolute atomic E-state index is 13.7. The van der Waals surface area contributed by atoms with Crippen molar-refractivity contribution in [2.75, 3.05) is 13.2 Å². The Labute approximate surface area is 139 Å². The molecule has 2 rings (SSSR count). The predicted octanol–water partition coefficient (Wildman–Crippen LogP) is 2.37. The number of hydrogen-bond acceptors (Lipinski definition) is 4. The van der Waals surface area contributed by atoms with Gasteiger partial charge in [0.15, 0.2) is 0 Å². The molecule has 0 aromatic heterocycles. The van der Waals surface area contributed by atoms with Gasteiger partial charge in [-0.15, -0.1) is 0 Å². The topological polar surface area (TPSA) is 70.9 Å². The smallest absolute Gasteiger partial charge is 0.264 e. The summed E-state index contributed by atoms with van der Waals surface area (Å²) in [4.78, 5) is 17.1. The molecule has 1 aromatic rings. The van der Waals surface area contributed by atoms with E-state index in [-0.39, 0.29) is 35.6 Å². The van der Waals surface area contributed by atoms with Crippen molar-refractivity contribution in [2.24, 2.45) is 10.6 Å². The van der Waals surface area contributed by atoms with Gasteiger partial charge in [-0.1, -0.05) is 19.0 Å². The van der Waals surface area contributed by atoms with Crippen LogP contribution in [0, 0.1) is 17.0 Å². The van der Waals surface area contributed by atoms with Gasteiger partial charge in [-0.25, -0.2) is 8.78 Å². The molecule has 1 aliphatic rings. The fraction of sp³-hybridized carbons (Fsp3) is 0.529. The van der Waals surface area contributed by atoms with Crippen LogP contribution in [0.15, 0.2) is 23.4 Å². The van der Waals surface area contributed by atoms with E-state index in [4.69, 9.17) is 4.84 Å². The van der Waals surface area contributed by atoms with Gasteiger partial charge in [0.1, 0.15) is 11.6 Å². The number of oxime groups is 1. The maximum Gasteiger partial charge on any atom is 0.264 e. The molecule has 7 heteroatoms. The summed E-state index contributed by atoms with van der Waals surface area (Å²) < 4.78 is 26.9. The SMILES string of the molecule is CC(C)(CO)CCCNC(=O)C1CC(c2cc(F)ccc2F)=NO1. The van der Waals surface area contributed by atoms with Crippen molar-refractivity contribution < 1.29 is 23.5 Å². The highest BCUT2D eigenvalue weighted by molar-refractivity contribution is 6.04. The number of carbonyl (C=O) groups is 1. The van der Waals surface area contributed by atoms with Gasteiger partial charge < -0.3 is 15.3 Å². The highest BCUT2D eigenvalue weighted by atomic mass is 19.1. The summed E-state index contributed by atoms with van der Waals surface area (Å²) in [5.74, 6) is -1.52. The summed E-state index contributed by atoms with van der Waals surface area (Å²) in [5.41, 5.74) is 0.0447. The van der Waals surface area contributed by atoms with E-state index in [9.17, 15) is 18.7 Å². The van der Waals surface area contributed by atoms with E-state index in [0.29, 0.717) is 6.54 Å². The van der Waals surface area contributed by atoms with Crippen LogP contribution in [-0.4, -0.2) is 36.0 Å². The van der Waals surface area contributed by atoms with Crippen molar-refractivity contribution in [1.82, 2.24) is 5.32 Å². The number of nitrogens with one attached hydrogen (secondary N) is 1. The van der Waals surface area contributed by atoms with E-state index in [0.717, 1.165) is 31.0 Å². The Morgan fingerprint density at radius 2 is 2.21 bits per heavy atom. The van der Waals surface area contributed by atoms with E-state index in [1.165, 1.54) is 0 Å². The Balaban J connectivity index is 1.82. The summed E-state index contributed by atoms with van der Waals surface area (Å²) in [6.45, 7) is 4.43. The summed E-state index contributed by atoms with van der Waals surface area (Å²) in [6, 6.07) is 3.07. The van der Waals surface area contributed by atoms with Crippen molar-refractivity contribution in [3.8, 4) is 0 Å². The molecule has 0 fully saturated rings. The zero-order valence-corrected chi connectivity index (χ0v) is 13.8. The van der Waals surface area contributed by atoms with Crippen LogP contribution in [0.4, 0.5) is 8.78 Å². The second-order valence-electron chi connectivity index (χ2n) is 6.68. The van der Waals surface area contributed by atoms with Gasteiger partial charge >= 0.3 is 0 Å². The van der Waals surface area contributed by atoms with Crippen molar-refractivity contribution in [1.29, 1.82) is 0 Å². The number of aliphatic hydroxyl groups is 1. The molecule has 1 amide bonds. The highest BCUT2D eigenvalue weighted by Crippen LogP contribution is 2.21. The lowest BCUT2D eigenvalue weighted by molar-refractivity contribution is -0.131. The van der Waals surface area contributed by atoms with Crippen LogP contribution in [0.2, 0.25) is 0 Å². The zero-order chi connectivity index (χ0) is 17.7. The molecular weight excluding hydrogens is 318 g/mol. The van der Waals surface area contributed by atoms with Crippen LogP contribution in [0.25, 0.3) is 0 Å². The first kappa shape index (κ1) is 18.3. The number of benzene rings is 1. The van der Waals surface area contributed by atoms with Crippen molar-refractivity contribution in [3.63, 3.8) is 0 Å². The summed E-state index contributed by atoms with van der Waals surface area (Å²) in [7, 11) is 0. The number of hydrogen-bond donors (Lipinski definition) is 2. The third-order valence-corrected chi connectivity index (χ3v) is 3.96. The minimum atomic E-state index is -0.839. The summed E-state index contributed by atoms with van der Waals surface area (Å²) in [5, 5.41) is 15.6. The largest absolute Gasteiger partial charge is 0.396 e. The second-order valence-corrected chi connectivity index (χ2v) is 6.68. The van der Waals surface area contributed by atoms with Crippen LogP contribution in [0.5, 0.6) is 0 Å². The molecule has 132 valence electrons. The first-order valence-electron chi connectivity index (χ1n) is 7.89. The lowest BCUT2D eigenvalue weighted by Gasteiger charge is -2.21. The molecule has 0 saturated heterocycles.